The van der Waals surface area contributed by atoms with Gasteiger partial charge in [0.05, 0.1) is 11.7 Å². The summed E-state index contributed by atoms with van der Waals surface area (Å²) in [7, 11) is 1.70. The molecule has 6 heteroatoms. The van der Waals surface area contributed by atoms with Gasteiger partial charge in [-0.15, -0.1) is 5.10 Å². The average Bonchev–Trinajstić information content (AvgIpc) is 2.70. The van der Waals surface area contributed by atoms with Gasteiger partial charge in [-0.2, -0.15) is 0 Å². The van der Waals surface area contributed by atoms with Gasteiger partial charge in [-0.05, 0) is 36.3 Å². The Kier molecular flexibility index (Phi) is 3.21. The lowest BCUT2D eigenvalue weighted by atomic mass is 10.0. The van der Waals surface area contributed by atoms with Crippen molar-refractivity contribution in [3.05, 3.63) is 46.5 Å². The fraction of sp³-hybridized carbons (Fsp3) is 0.200. The van der Waals surface area contributed by atoms with Crippen LogP contribution in [0.5, 0.6) is 0 Å². The Balaban J connectivity index is 2.41. The van der Waals surface area contributed by atoms with Crippen molar-refractivity contribution in [2.24, 2.45) is 0 Å². The average molecular weight is 241 g/mol. The number of hydrogen-bond acceptors (Lipinski definition) is 4. The molecule has 1 heterocycles. The molecule has 2 rings (SSSR count). The van der Waals surface area contributed by atoms with E-state index in [1.807, 2.05) is 0 Å². The van der Waals surface area contributed by atoms with Crippen LogP contribution in [0.2, 0.25) is 0 Å². The molecule has 1 aromatic carbocycles. The van der Waals surface area contributed by atoms with Crippen LogP contribution < -0.4 is 5.32 Å². The second-order valence-electron chi connectivity index (χ2n) is 3.25. The first-order valence-corrected chi connectivity index (χ1v) is 5.44. The molecule has 0 fully saturated rings. The number of nitrogens with one attached hydrogen (secondary N) is 1. The maximum Gasteiger partial charge on any atom is 0.126 e. The third-order valence-electron chi connectivity index (χ3n) is 2.18. The van der Waals surface area contributed by atoms with E-state index in [-0.39, 0.29) is 6.04 Å². The van der Waals surface area contributed by atoms with Crippen molar-refractivity contribution < 1.29 is 8.78 Å². The van der Waals surface area contributed by atoms with E-state index in [0.717, 1.165) is 6.07 Å². The predicted octanol–water partition coefficient (Wildman–Crippen LogP) is 2.13. The standard InChI is InChI=1S/C10H9F2N3S/c1-13-10(9-5-16-15-14-9)6-2-7(11)4-8(12)3-6/h2-5,10,13H,1H3. The van der Waals surface area contributed by atoms with Crippen molar-refractivity contribution in [3.63, 3.8) is 0 Å². The third-order valence-corrected chi connectivity index (χ3v) is 2.70. The summed E-state index contributed by atoms with van der Waals surface area (Å²) in [6, 6.07) is 3.06. The summed E-state index contributed by atoms with van der Waals surface area (Å²) in [6.07, 6.45) is 0. The molecule has 0 saturated carbocycles. The Morgan fingerprint density at radius 3 is 2.44 bits per heavy atom. The smallest absolute Gasteiger partial charge is 0.126 e. The number of nitrogens with zero attached hydrogens (tertiary/aromatic N) is 2. The second-order valence-corrected chi connectivity index (χ2v) is 3.86. The van der Waals surface area contributed by atoms with Gasteiger partial charge in [-0.25, -0.2) is 8.78 Å². The molecule has 3 nitrogen and oxygen atoms in total. The van der Waals surface area contributed by atoms with E-state index < -0.39 is 11.6 Å². The van der Waals surface area contributed by atoms with Gasteiger partial charge >= 0.3 is 0 Å². The zero-order chi connectivity index (χ0) is 11.5. The van der Waals surface area contributed by atoms with Gasteiger partial charge in [0.25, 0.3) is 0 Å². The van der Waals surface area contributed by atoms with Crippen LogP contribution in [0.4, 0.5) is 8.78 Å². The third kappa shape index (κ3) is 2.23. The Hall–Kier alpha value is -1.40. The van der Waals surface area contributed by atoms with Gasteiger partial charge in [-0.1, -0.05) is 4.49 Å². The molecule has 0 spiro atoms. The lowest BCUT2D eigenvalue weighted by Gasteiger charge is -2.13. The minimum Gasteiger partial charge on any atom is -0.308 e. The summed E-state index contributed by atoms with van der Waals surface area (Å²) < 4.78 is 29.9. The van der Waals surface area contributed by atoms with Gasteiger partial charge in [0, 0.05) is 11.4 Å². The van der Waals surface area contributed by atoms with Crippen LogP contribution in [0, 0.1) is 11.6 Å². The molecule has 0 bridgehead atoms. The first kappa shape index (κ1) is 11.1. The monoisotopic (exact) mass is 241 g/mol. The molecule has 1 aromatic heterocycles. The first-order valence-electron chi connectivity index (χ1n) is 4.61. The molecule has 0 aliphatic carbocycles. The summed E-state index contributed by atoms with van der Waals surface area (Å²) in [5, 5.41) is 8.57. The fourth-order valence-electron chi connectivity index (χ4n) is 1.52. The maximum atomic E-state index is 13.1. The zero-order valence-corrected chi connectivity index (χ0v) is 9.26. The fourth-order valence-corrected chi connectivity index (χ4v) is 2.00. The van der Waals surface area contributed by atoms with Crippen LogP contribution in [0.25, 0.3) is 0 Å². The van der Waals surface area contributed by atoms with Crippen LogP contribution in [0.3, 0.4) is 0 Å². The van der Waals surface area contributed by atoms with Crippen LogP contribution in [-0.4, -0.2) is 16.6 Å². The van der Waals surface area contributed by atoms with Crippen molar-refractivity contribution in [1.82, 2.24) is 14.9 Å². The van der Waals surface area contributed by atoms with E-state index >= 15 is 0 Å². The summed E-state index contributed by atoms with van der Waals surface area (Å²) in [5.41, 5.74) is 1.14. The number of hydrogen-bond donors (Lipinski definition) is 1. The lowest BCUT2D eigenvalue weighted by molar-refractivity contribution is 0.570. The normalized spacial score (nSPS) is 12.7. The number of benzene rings is 1. The Labute approximate surface area is 95.3 Å². The van der Waals surface area contributed by atoms with E-state index in [1.54, 1.807) is 12.4 Å². The summed E-state index contributed by atoms with van der Waals surface area (Å²) in [5.74, 6) is -1.20. The van der Waals surface area contributed by atoms with Crippen molar-refractivity contribution in [2.75, 3.05) is 7.05 Å². The first-order chi connectivity index (χ1) is 7.70. The van der Waals surface area contributed by atoms with Gasteiger partial charge in [0.1, 0.15) is 11.6 Å². The molecule has 0 aliphatic heterocycles. The Morgan fingerprint density at radius 1 is 1.25 bits per heavy atom. The number of rotatable bonds is 3. The van der Waals surface area contributed by atoms with Gasteiger partial charge in [-0.3, -0.25) is 0 Å². The van der Waals surface area contributed by atoms with Crippen molar-refractivity contribution in [2.45, 2.75) is 6.04 Å². The SMILES string of the molecule is CNC(c1cc(F)cc(F)c1)c1csnn1. The second kappa shape index (κ2) is 4.63. The highest BCUT2D eigenvalue weighted by atomic mass is 32.1. The zero-order valence-electron chi connectivity index (χ0n) is 8.45. The molecule has 0 saturated heterocycles. The van der Waals surface area contributed by atoms with Crippen LogP contribution >= 0.6 is 11.5 Å². The highest BCUT2D eigenvalue weighted by Gasteiger charge is 2.16. The van der Waals surface area contributed by atoms with Gasteiger partial charge < -0.3 is 5.32 Å². The number of halogens is 2. The summed E-state index contributed by atoms with van der Waals surface area (Å²) >= 11 is 1.20. The molecular weight excluding hydrogens is 232 g/mol. The Morgan fingerprint density at radius 2 is 1.94 bits per heavy atom. The Bertz CT molecular complexity index is 453. The molecule has 1 unspecified atom stereocenters. The minimum atomic E-state index is -0.599. The van der Waals surface area contributed by atoms with Crippen molar-refractivity contribution in [3.8, 4) is 0 Å². The van der Waals surface area contributed by atoms with Crippen LogP contribution in [-0.2, 0) is 0 Å². The molecule has 84 valence electrons. The van der Waals surface area contributed by atoms with Gasteiger partial charge in [0.15, 0.2) is 0 Å². The highest BCUT2D eigenvalue weighted by molar-refractivity contribution is 7.03. The molecule has 1 atom stereocenters. The van der Waals surface area contributed by atoms with Crippen molar-refractivity contribution in [1.29, 1.82) is 0 Å². The molecule has 16 heavy (non-hydrogen) atoms. The van der Waals surface area contributed by atoms with Crippen molar-refractivity contribution >= 4 is 11.5 Å². The highest BCUT2D eigenvalue weighted by Crippen LogP contribution is 2.22. The van der Waals surface area contributed by atoms with Crippen LogP contribution in [0.1, 0.15) is 17.3 Å². The summed E-state index contributed by atoms with van der Waals surface area (Å²) in [6.45, 7) is 0. The van der Waals surface area contributed by atoms with E-state index in [0.29, 0.717) is 11.3 Å². The molecule has 2 aromatic rings. The number of aromatic nitrogens is 2. The van der Waals surface area contributed by atoms with E-state index in [1.165, 1.54) is 23.7 Å². The van der Waals surface area contributed by atoms with Crippen LogP contribution in [0.15, 0.2) is 23.6 Å². The van der Waals surface area contributed by atoms with Gasteiger partial charge in [0.2, 0.25) is 0 Å². The van der Waals surface area contributed by atoms with E-state index in [9.17, 15) is 8.78 Å². The maximum absolute atomic E-state index is 13.1. The van der Waals surface area contributed by atoms with E-state index in [2.05, 4.69) is 14.9 Å². The molecule has 0 amide bonds. The molecule has 0 radical (unpaired) electrons. The molecule has 0 aliphatic rings. The molecule has 1 N–H and O–H groups in total. The minimum absolute atomic E-state index is 0.344. The molecular formula is C10H9F2N3S. The lowest BCUT2D eigenvalue weighted by Crippen LogP contribution is -2.18. The van der Waals surface area contributed by atoms with E-state index in [4.69, 9.17) is 0 Å². The topological polar surface area (TPSA) is 37.8 Å². The summed E-state index contributed by atoms with van der Waals surface area (Å²) in [4.78, 5) is 0. The quantitative estimate of drug-likeness (QED) is 0.894. The predicted molar refractivity (Wildman–Crippen MR) is 57.2 cm³/mol. The largest absolute Gasteiger partial charge is 0.308 e.